The quantitative estimate of drug-likeness (QED) is 0.171. The van der Waals surface area contributed by atoms with E-state index in [0.29, 0.717) is 4.59 Å². The SMILES string of the molecule is N=N/C=N/N.[NH2][Cu][c]1nnnc(Cl)c1Cl. The summed E-state index contributed by atoms with van der Waals surface area (Å²) in [6.45, 7) is 0. The van der Waals surface area contributed by atoms with Gasteiger partial charge in [-0.05, 0) is 0 Å². The van der Waals surface area contributed by atoms with Crippen molar-refractivity contribution in [1.82, 2.24) is 15.4 Å². The zero-order valence-corrected chi connectivity index (χ0v) is 9.48. The molecule has 0 bridgehead atoms. The van der Waals surface area contributed by atoms with Gasteiger partial charge in [0.05, 0.1) is 0 Å². The summed E-state index contributed by atoms with van der Waals surface area (Å²) >= 11 is 12.0. The molecular weight excluding hydrogens is 295 g/mol. The molecule has 0 unspecified atom stereocenters. The summed E-state index contributed by atoms with van der Waals surface area (Å²) in [5.41, 5.74) is 6.00. The minimum absolute atomic E-state index is 0.113. The molecule has 0 saturated heterocycles. The fourth-order valence-corrected chi connectivity index (χ4v) is 1.07. The molecule has 15 heavy (non-hydrogen) atoms. The molecular formula is C4H6Cl2CuN8. The van der Waals surface area contributed by atoms with Gasteiger partial charge >= 0.3 is 73.3 Å². The molecule has 11 heteroatoms. The van der Waals surface area contributed by atoms with Gasteiger partial charge in [0, 0.05) is 0 Å². The Balaban J connectivity index is 0.000000336. The van der Waals surface area contributed by atoms with Crippen molar-refractivity contribution in [1.29, 1.82) is 5.53 Å². The number of rotatable bonds is 2. The van der Waals surface area contributed by atoms with Crippen LogP contribution in [0.4, 0.5) is 0 Å². The molecule has 0 amide bonds. The Morgan fingerprint density at radius 2 is 2.07 bits per heavy atom. The Morgan fingerprint density at radius 1 is 1.40 bits per heavy atom. The summed E-state index contributed by atoms with van der Waals surface area (Å²) in [4.78, 5) is 0. The van der Waals surface area contributed by atoms with E-state index >= 15 is 0 Å². The first kappa shape index (κ1) is 14.1. The third-order valence-corrected chi connectivity index (χ3v) is 2.23. The van der Waals surface area contributed by atoms with E-state index in [1.165, 1.54) is 0 Å². The molecule has 8 nitrogen and oxygen atoms in total. The predicted octanol–water partition coefficient (Wildman–Crippen LogP) is -0.321. The van der Waals surface area contributed by atoms with Crippen LogP contribution in [0.15, 0.2) is 10.2 Å². The molecule has 1 heterocycles. The van der Waals surface area contributed by atoms with E-state index < -0.39 is 0 Å². The second-order valence-corrected chi connectivity index (χ2v) is 3.08. The van der Waals surface area contributed by atoms with Crippen LogP contribution in [0.3, 0.4) is 0 Å². The van der Waals surface area contributed by atoms with E-state index in [9.17, 15) is 0 Å². The molecule has 0 atom stereocenters. The van der Waals surface area contributed by atoms with Crippen LogP contribution in [-0.4, -0.2) is 21.7 Å². The zero-order chi connectivity index (χ0) is 11.7. The number of nitrogens with zero attached hydrogens (tertiary/aromatic N) is 5. The molecule has 0 fully saturated rings. The monoisotopic (exact) mass is 299 g/mol. The second kappa shape index (κ2) is 8.45. The van der Waals surface area contributed by atoms with Crippen LogP contribution in [0.2, 0.25) is 10.2 Å². The Hall–Kier alpha value is -0.861. The van der Waals surface area contributed by atoms with Gasteiger partial charge in [0.1, 0.15) is 0 Å². The summed E-state index contributed by atoms with van der Waals surface area (Å²) < 4.78 is 5.52. The molecule has 0 aliphatic carbocycles. The van der Waals surface area contributed by atoms with Crippen LogP contribution in [0, 0.1) is 5.53 Å². The Morgan fingerprint density at radius 3 is 2.40 bits per heavy atom. The molecule has 0 aliphatic rings. The predicted molar refractivity (Wildman–Crippen MR) is 51.5 cm³/mol. The maximum atomic E-state index is 6.00. The van der Waals surface area contributed by atoms with Gasteiger partial charge in [-0.25, -0.2) is 5.53 Å². The summed E-state index contributed by atoms with van der Waals surface area (Å²) in [7, 11) is 0. The van der Waals surface area contributed by atoms with E-state index in [1.807, 2.05) is 0 Å². The third kappa shape index (κ3) is 5.55. The number of hydrogen-bond acceptors (Lipinski definition) is 7. The van der Waals surface area contributed by atoms with Gasteiger partial charge in [-0.15, -0.1) is 5.11 Å². The van der Waals surface area contributed by atoms with E-state index in [2.05, 4.69) is 31.5 Å². The fraction of sp³-hybridized carbons (Fsp3) is 0. The minimum atomic E-state index is 0.113. The van der Waals surface area contributed by atoms with Crippen molar-refractivity contribution in [2.75, 3.05) is 0 Å². The average molecular weight is 301 g/mol. The summed E-state index contributed by atoms with van der Waals surface area (Å²) in [5, 5.41) is 16.1. The number of aromatic nitrogens is 3. The van der Waals surface area contributed by atoms with Crippen molar-refractivity contribution in [3.05, 3.63) is 10.2 Å². The Bertz CT molecular complexity index is 343. The van der Waals surface area contributed by atoms with Crippen LogP contribution in [-0.2, 0) is 15.2 Å². The molecule has 1 aromatic heterocycles. The van der Waals surface area contributed by atoms with Gasteiger partial charge in [0.25, 0.3) is 0 Å². The van der Waals surface area contributed by atoms with E-state index in [0.717, 1.165) is 21.5 Å². The normalized spacial score (nSPS) is 9.80. The van der Waals surface area contributed by atoms with Crippen LogP contribution in [0.1, 0.15) is 0 Å². The van der Waals surface area contributed by atoms with Crippen LogP contribution in [0.25, 0.3) is 0 Å². The van der Waals surface area contributed by atoms with Crippen molar-refractivity contribution >= 4 is 34.1 Å². The standard InChI is InChI=1S/C3Cl2N3.CH4N4.Cu.H2N/c4-2-1-6-8-7-3(2)5;2-4-1-5-3;;/h;1-2H,3H2;;1H2/q;;+1;-1/b;4-2?,5-1+;;. The third-order valence-electron chi connectivity index (χ3n) is 0.810. The molecule has 87 valence electrons. The summed E-state index contributed by atoms with van der Waals surface area (Å²) in [6.07, 6.45) is 0.944. The first-order valence-electron chi connectivity index (χ1n) is 3.05. The number of halogens is 2. The Labute approximate surface area is 101 Å². The first-order chi connectivity index (χ1) is 7.17. The zero-order valence-electron chi connectivity index (χ0n) is 7.03. The van der Waals surface area contributed by atoms with Crippen molar-refractivity contribution in [2.45, 2.75) is 0 Å². The van der Waals surface area contributed by atoms with Crippen molar-refractivity contribution < 1.29 is 15.2 Å². The van der Waals surface area contributed by atoms with Crippen molar-refractivity contribution in [3.63, 3.8) is 0 Å². The number of nitrogens with one attached hydrogen (secondary N) is 1. The average Bonchev–Trinajstić information content (AvgIpc) is 2.24. The van der Waals surface area contributed by atoms with Gasteiger partial charge in [-0.2, -0.15) is 5.10 Å². The second-order valence-electron chi connectivity index (χ2n) is 1.63. The number of hydrogen-bond donors (Lipinski definition) is 3. The van der Waals surface area contributed by atoms with E-state index in [4.69, 9.17) is 33.5 Å². The molecule has 0 saturated carbocycles. The van der Waals surface area contributed by atoms with Gasteiger partial charge in [-0.1, -0.05) is 0 Å². The van der Waals surface area contributed by atoms with Crippen molar-refractivity contribution in [3.8, 4) is 0 Å². The Kier molecular flexibility index (Phi) is 7.96. The number of hydrazone groups is 1. The molecule has 0 aliphatic heterocycles. The van der Waals surface area contributed by atoms with Crippen molar-refractivity contribution in [2.24, 2.45) is 20.8 Å². The van der Waals surface area contributed by atoms with Gasteiger partial charge in [0.2, 0.25) is 0 Å². The van der Waals surface area contributed by atoms with Crippen LogP contribution in [0.5, 0.6) is 0 Å². The van der Waals surface area contributed by atoms with Gasteiger partial charge in [0.15, 0.2) is 6.34 Å². The van der Waals surface area contributed by atoms with E-state index in [1.54, 1.807) is 0 Å². The molecule has 1 aromatic rings. The van der Waals surface area contributed by atoms with Gasteiger partial charge < -0.3 is 5.84 Å². The summed E-state index contributed by atoms with van der Waals surface area (Å²) in [6, 6.07) is 0. The molecule has 0 radical (unpaired) electrons. The molecule has 0 aromatic carbocycles. The topological polar surface area (TPSA) is 139 Å². The number of nitrogens with two attached hydrogens (primary N) is 2. The maximum absolute atomic E-state index is 6.00. The molecule has 5 N–H and O–H groups in total. The van der Waals surface area contributed by atoms with E-state index in [-0.39, 0.29) is 10.2 Å². The van der Waals surface area contributed by atoms with Crippen LogP contribution >= 0.6 is 23.2 Å². The fourth-order valence-electron chi connectivity index (χ4n) is 0.351. The molecule has 1 rings (SSSR count). The van der Waals surface area contributed by atoms with Gasteiger partial charge in [-0.3, -0.25) is 0 Å². The van der Waals surface area contributed by atoms with Crippen LogP contribution < -0.4 is 15.2 Å². The molecule has 0 spiro atoms. The summed E-state index contributed by atoms with van der Waals surface area (Å²) in [5.74, 6) is 4.49. The first-order valence-corrected chi connectivity index (χ1v) is 4.82.